The molecule has 8 heteroatoms. The first-order valence-electron chi connectivity index (χ1n) is 7.50. The van der Waals surface area contributed by atoms with Crippen molar-refractivity contribution in [2.45, 2.75) is 13.5 Å². The minimum atomic E-state index is -0.704. The number of rotatable bonds is 4. The Hall–Kier alpha value is -3.00. The number of ether oxygens (including phenoxy) is 1. The monoisotopic (exact) mass is 417 g/mol. The summed E-state index contributed by atoms with van der Waals surface area (Å²) in [5, 5.41) is 11.6. The maximum atomic E-state index is 12.3. The van der Waals surface area contributed by atoms with Crippen molar-refractivity contribution in [1.82, 2.24) is 0 Å². The van der Waals surface area contributed by atoms with Gasteiger partial charge in [0.15, 0.2) is 0 Å². The van der Waals surface area contributed by atoms with Crippen LogP contribution in [0.5, 0.6) is 0 Å². The highest BCUT2D eigenvalue weighted by molar-refractivity contribution is 9.10. The van der Waals surface area contributed by atoms with Crippen LogP contribution in [0.15, 0.2) is 56.1 Å². The van der Waals surface area contributed by atoms with Crippen LogP contribution in [0.2, 0.25) is 0 Å². The minimum absolute atomic E-state index is 0.106. The zero-order chi connectivity index (χ0) is 18.8. The molecule has 0 unspecified atom stereocenters. The van der Waals surface area contributed by atoms with E-state index in [0.29, 0.717) is 16.5 Å². The summed E-state index contributed by atoms with van der Waals surface area (Å²) in [5.74, 6) is -0.704. The first kappa shape index (κ1) is 17.8. The molecule has 3 rings (SSSR count). The highest BCUT2D eigenvalue weighted by Gasteiger charge is 2.19. The molecule has 7 nitrogen and oxygen atoms in total. The zero-order valence-corrected chi connectivity index (χ0v) is 15.1. The molecule has 0 fully saturated rings. The molecule has 0 bridgehead atoms. The van der Waals surface area contributed by atoms with E-state index in [4.69, 9.17) is 9.15 Å². The maximum absolute atomic E-state index is 12.3. The number of fused-ring (bicyclic) bond motifs is 1. The molecular formula is C18H12BrNO6. The summed E-state index contributed by atoms with van der Waals surface area (Å²) in [5.41, 5.74) is 0.464. The van der Waals surface area contributed by atoms with Crippen molar-refractivity contribution >= 4 is 38.6 Å². The second-order valence-electron chi connectivity index (χ2n) is 5.51. The third-order valence-corrected chi connectivity index (χ3v) is 4.37. The van der Waals surface area contributed by atoms with Crippen LogP contribution in [-0.2, 0) is 11.3 Å². The van der Waals surface area contributed by atoms with Gasteiger partial charge in [0.05, 0.1) is 10.5 Å². The van der Waals surface area contributed by atoms with Gasteiger partial charge in [0.2, 0.25) is 0 Å². The molecule has 0 radical (unpaired) electrons. The van der Waals surface area contributed by atoms with E-state index in [1.807, 2.05) is 0 Å². The quantitative estimate of drug-likeness (QED) is 0.273. The Kier molecular flexibility index (Phi) is 4.85. The summed E-state index contributed by atoms with van der Waals surface area (Å²) in [7, 11) is 0. The number of nitrogens with zero attached hydrogens (tertiary/aromatic N) is 1. The van der Waals surface area contributed by atoms with Crippen LogP contribution in [0.1, 0.15) is 21.5 Å². The van der Waals surface area contributed by atoms with E-state index in [1.54, 1.807) is 18.2 Å². The third kappa shape index (κ3) is 3.50. The van der Waals surface area contributed by atoms with E-state index in [2.05, 4.69) is 15.9 Å². The predicted molar refractivity (Wildman–Crippen MR) is 97.1 cm³/mol. The van der Waals surface area contributed by atoms with E-state index in [9.17, 15) is 19.7 Å². The second-order valence-corrected chi connectivity index (χ2v) is 6.43. The van der Waals surface area contributed by atoms with Gasteiger partial charge < -0.3 is 9.15 Å². The van der Waals surface area contributed by atoms with Gasteiger partial charge in [-0.1, -0.05) is 22.0 Å². The summed E-state index contributed by atoms with van der Waals surface area (Å²) in [6, 6.07) is 10.6. The summed E-state index contributed by atoms with van der Waals surface area (Å²) in [4.78, 5) is 34.5. The first-order valence-corrected chi connectivity index (χ1v) is 8.29. The molecule has 3 aromatic rings. The Balaban J connectivity index is 1.89. The highest BCUT2D eigenvalue weighted by atomic mass is 79.9. The fourth-order valence-electron chi connectivity index (χ4n) is 2.59. The Morgan fingerprint density at radius 3 is 2.77 bits per heavy atom. The fourth-order valence-corrected chi connectivity index (χ4v) is 2.93. The fraction of sp³-hybridized carbons (Fsp3) is 0.111. The van der Waals surface area contributed by atoms with E-state index < -0.39 is 16.5 Å². The average Bonchev–Trinajstić information content (AvgIpc) is 2.58. The minimum Gasteiger partial charge on any atom is -0.457 e. The Bertz CT molecular complexity index is 1090. The number of hydrogen-bond acceptors (Lipinski definition) is 6. The van der Waals surface area contributed by atoms with Crippen molar-refractivity contribution < 1.29 is 18.9 Å². The number of carbonyl (C=O) groups is 1. The van der Waals surface area contributed by atoms with Crippen molar-refractivity contribution in [1.29, 1.82) is 0 Å². The van der Waals surface area contributed by atoms with Gasteiger partial charge in [-0.25, -0.2) is 9.59 Å². The average molecular weight is 418 g/mol. The summed E-state index contributed by atoms with van der Waals surface area (Å²) in [6.07, 6.45) is 0. The highest BCUT2D eigenvalue weighted by Crippen LogP contribution is 2.24. The van der Waals surface area contributed by atoms with Crippen molar-refractivity contribution in [3.05, 3.63) is 84.2 Å². The Morgan fingerprint density at radius 2 is 2.04 bits per heavy atom. The maximum Gasteiger partial charge on any atom is 0.338 e. The molecule has 2 aromatic carbocycles. The Morgan fingerprint density at radius 1 is 1.27 bits per heavy atom. The molecule has 0 spiro atoms. The van der Waals surface area contributed by atoms with Crippen LogP contribution in [-0.4, -0.2) is 10.9 Å². The van der Waals surface area contributed by atoms with Crippen molar-refractivity contribution in [2.75, 3.05) is 0 Å². The molecule has 0 aliphatic carbocycles. The lowest BCUT2D eigenvalue weighted by molar-refractivity contribution is -0.385. The molecule has 1 heterocycles. The normalized spacial score (nSPS) is 10.7. The van der Waals surface area contributed by atoms with Crippen LogP contribution in [0.3, 0.4) is 0 Å². The molecule has 1 aromatic heterocycles. The molecule has 26 heavy (non-hydrogen) atoms. The molecule has 0 aliphatic rings. The van der Waals surface area contributed by atoms with E-state index >= 15 is 0 Å². The molecule has 0 saturated carbocycles. The smallest absolute Gasteiger partial charge is 0.338 e. The largest absolute Gasteiger partial charge is 0.457 e. The number of halogens is 1. The lowest BCUT2D eigenvalue weighted by Gasteiger charge is -2.09. The summed E-state index contributed by atoms with van der Waals surface area (Å²) in [6.45, 7) is 1.32. The summed E-state index contributed by atoms with van der Waals surface area (Å²) >= 11 is 3.30. The summed E-state index contributed by atoms with van der Waals surface area (Å²) < 4.78 is 11.1. The molecule has 0 atom stereocenters. The van der Waals surface area contributed by atoms with E-state index in [-0.39, 0.29) is 23.4 Å². The van der Waals surface area contributed by atoms with Gasteiger partial charge in [-0.05, 0) is 31.2 Å². The Labute approximate surface area is 155 Å². The van der Waals surface area contributed by atoms with Gasteiger partial charge in [-0.3, -0.25) is 10.1 Å². The van der Waals surface area contributed by atoms with Crippen molar-refractivity contribution in [2.24, 2.45) is 0 Å². The number of carbonyl (C=O) groups excluding carboxylic acids is 1. The van der Waals surface area contributed by atoms with Gasteiger partial charge >= 0.3 is 11.6 Å². The molecule has 0 amide bonds. The number of hydrogen-bond donors (Lipinski definition) is 0. The van der Waals surface area contributed by atoms with Crippen LogP contribution >= 0.6 is 15.9 Å². The number of nitro benzene ring substituents is 1. The number of nitro groups is 1. The number of benzene rings is 2. The first-order chi connectivity index (χ1) is 12.4. The predicted octanol–water partition coefficient (Wildman–Crippen LogP) is 4.13. The van der Waals surface area contributed by atoms with Gasteiger partial charge in [-0.15, -0.1) is 0 Å². The molecular weight excluding hydrogens is 406 g/mol. The van der Waals surface area contributed by atoms with Gasteiger partial charge in [0.1, 0.15) is 12.2 Å². The van der Waals surface area contributed by atoms with Crippen molar-refractivity contribution in [3.63, 3.8) is 0 Å². The van der Waals surface area contributed by atoms with Crippen LogP contribution < -0.4 is 5.63 Å². The zero-order valence-electron chi connectivity index (χ0n) is 13.5. The van der Waals surface area contributed by atoms with Gasteiger partial charge in [-0.2, -0.15) is 0 Å². The SMILES string of the molecule is Cc1c(C(=O)OCc2cc(=O)oc3cc(Br)ccc23)cccc1[N+](=O)[O-]. The molecule has 0 aliphatic heterocycles. The van der Waals surface area contributed by atoms with E-state index in [0.717, 1.165) is 4.47 Å². The lowest BCUT2D eigenvalue weighted by atomic mass is 10.1. The molecule has 0 saturated heterocycles. The topological polar surface area (TPSA) is 99.7 Å². The molecule has 132 valence electrons. The second kappa shape index (κ2) is 7.09. The van der Waals surface area contributed by atoms with E-state index in [1.165, 1.54) is 31.2 Å². The van der Waals surface area contributed by atoms with Crippen molar-refractivity contribution in [3.8, 4) is 0 Å². The lowest BCUT2D eigenvalue weighted by Crippen LogP contribution is -2.10. The van der Waals surface area contributed by atoms with Crippen LogP contribution in [0, 0.1) is 17.0 Å². The van der Waals surface area contributed by atoms with Gasteiger partial charge in [0, 0.05) is 33.1 Å². The molecule has 0 N–H and O–H groups in total. The number of esters is 1. The standard InChI is InChI=1S/C18H12BrNO6/c1-10-13(3-2-4-15(10)20(23)24)18(22)25-9-11-7-17(21)26-16-8-12(19)5-6-14(11)16/h2-8H,9H2,1H3. The van der Waals surface area contributed by atoms with Gasteiger partial charge in [0.25, 0.3) is 5.69 Å². The van der Waals surface area contributed by atoms with Crippen LogP contribution in [0.4, 0.5) is 5.69 Å². The van der Waals surface area contributed by atoms with Crippen LogP contribution in [0.25, 0.3) is 11.0 Å². The third-order valence-electron chi connectivity index (χ3n) is 3.87.